The molecule has 1 aromatic heterocycles. The number of carbonyl (C=O) groups excluding carboxylic acids is 1. The summed E-state index contributed by atoms with van der Waals surface area (Å²) in [6.07, 6.45) is 1.29. The molecule has 1 heterocycles. The van der Waals surface area contributed by atoms with E-state index in [0.29, 0.717) is 11.1 Å². The van der Waals surface area contributed by atoms with Crippen LogP contribution in [0.4, 0.5) is 10.1 Å². The van der Waals surface area contributed by atoms with Crippen LogP contribution in [0.5, 0.6) is 0 Å². The maximum atomic E-state index is 13.5. The van der Waals surface area contributed by atoms with Crippen molar-refractivity contribution in [2.24, 2.45) is 0 Å². The zero-order chi connectivity index (χ0) is 14.7. The standard InChI is InChI=1S/C14H14ClFN2O2/c1-8(2)20-7-12(19)18-11-6-17-14-9(13(11)15)4-3-5-10(14)16/h3-6,8H,7H2,1-2H3,(H,18,19). The summed E-state index contributed by atoms with van der Waals surface area (Å²) in [5, 5.41) is 3.31. The van der Waals surface area contributed by atoms with Crippen molar-refractivity contribution in [3.05, 3.63) is 35.2 Å². The summed E-state index contributed by atoms with van der Waals surface area (Å²) in [4.78, 5) is 15.7. The van der Waals surface area contributed by atoms with Gasteiger partial charge in [-0.05, 0) is 19.9 Å². The van der Waals surface area contributed by atoms with Crippen molar-refractivity contribution in [3.63, 3.8) is 0 Å². The van der Waals surface area contributed by atoms with E-state index in [1.807, 2.05) is 13.8 Å². The minimum absolute atomic E-state index is 0.0416. The van der Waals surface area contributed by atoms with Crippen LogP contribution in [0, 0.1) is 5.82 Å². The predicted octanol–water partition coefficient (Wildman–Crippen LogP) is 3.39. The van der Waals surface area contributed by atoms with Crippen LogP contribution in [0.3, 0.4) is 0 Å². The van der Waals surface area contributed by atoms with E-state index in [0.717, 1.165) is 0 Å². The summed E-state index contributed by atoms with van der Waals surface area (Å²) in [6, 6.07) is 4.49. The molecule has 1 N–H and O–H groups in total. The van der Waals surface area contributed by atoms with Gasteiger partial charge in [-0.3, -0.25) is 9.78 Å². The van der Waals surface area contributed by atoms with E-state index in [9.17, 15) is 9.18 Å². The first kappa shape index (κ1) is 14.7. The molecule has 2 rings (SSSR count). The lowest BCUT2D eigenvalue weighted by molar-refractivity contribution is -0.121. The van der Waals surface area contributed by atoms with Gasteiger partial charge in [0.25, 0.3) is 0 Å². The first-order chi connectivity index (χ1) is 9.49. The quantitative estimate of drug-likeness (QED) is 0.941. The molecule has 0 saturated heterocycles. The molecule has 0 aliphatic rings. The molecule has 20 heavy (non-hydrogen) atoms. The van der Waals surface area contributed by atoms with Gasteiger partial charge in [-0.15, -0.1) is 0 Å². The Labute approximate surface area is 120 Å². The van der Waals surface area contributed by atoms with E-state index in [4.69, 9.17) is 16.3 Å². The number of nitrogens with one attached hydrogen (secondary N) is 1. The predicted molar refractivity (Wildman–Crippen MR) is 76.4 cm³/mol. The van der Waals surface area contributed by atoms with Crippen molar-refractivity contribution in [3.8, 4) is 0 Å². The zero-order valence-corrected chi connectivity index (χ0v) is 11.9. The molecule has 0 aliphatic heterocycles. The monoisotopic (exact) mass is 296 g/mol. The molecule has 0 unspecified atom stereocenters. The van der Waals surface area contributed by atoms with Crippen LogP contribution in [-0.2, 0) is 9.53 Å². The van der Waals surface area contributed by atoms with Crippen LogP contribution in [-0.4, -0.2) is 23.6 Å². The number of hydrogen-bond acceptors (Lipinski definition) is 3. The summed E-state index contributed by atoms with van der Waals surface area (Å²) in [5.41, 5.74) is 0.510. The Morgan fingerprint density at radius 1 is 1.50 bits per heavy atom. The lowest BCUT2D eigenvalue weighted by Gasteiger charge is -2.10. The normalized spacial score (nSPS) is 11.1. The molecule has 0 bridgehead atoms. The van der Waals surface area contributed by atoms with Gasteiger partial charge in [0, 0.05) is 5.39 Å². The van der Waals surface area contributed by atoms with E-state index in [-0.39, 0.29) is 29.2 Å². The van der Waals surface area contributed by atoms with Crippen LogP contribution < -0.4 is 5.32 Å². The van der Waals surface area contributed by atoms with E-state index in [1.54, 1.807) is 12.1 Å². The van der Waals surface area contributed by atoms with Gasteiger partial charge in [0.1, 0.15) is 17.9 Å². The first-order valence-corrected chi connectivity index (χ1v) is 6.51. The fourth-order valence-corrected chi connectivity index (χ4v) is 1.92. The second-order valence-corrected chi connectivity index (χ2v) is 4.91. The maximum absolute atomic E-state index is 13.5. The van der Waals surface area contributed by atoms with Crippen LogP contribution in [0.2, 0.25) is 5.02 Å². The molecule has 4 nitrogen and oxygen atoms in total. The molecule has 0 saturated carbocycles. The highest BCUT2D eigenvalue weighted by Crippen LogP contribution is 2.30. The third-order valence-corrected chi connectivity index (χ3v) is 3.01. The molecule has 1 aromatic carbocycles. The summed E-state index contributed by atoms with van der Waals surface area (Å²) in [5.74, 6) is -0.788. The number of nitrogens with zero attached hydrogens (tertiary/aromatic N) is 1. The number of anilines is 1. The highest BCUT2D eigenvalue weighted by Gasteiger charge is 2.12. The average molecular weight is 297 g/mol. The molecule has 2 aromatic rings. The van der Waals surface area contributed by atoms with Crippen molar-refractivity contribution in [2.75, 3.05) is 11.9 Å². The number of pyridine rings is 1. The van der Waals surface area contributed by atoms with E-state index in [1.165, 1.54) is 12.3 Å². The Kier molecular flexibility index (Phi) is 4.52. The smallest absolute Gasteiger partial charge is 0.250 e. The topological polar surface area (TPSA) is 51.2 Å². The van der Waals surface area contributed by atoms with Crippen molar-refractivity contribution in [2.45, 2.75) is 20.0 Å². The second-order valence-electron chi connectivity index (χ2n) is 4.53. The number of fused-ring (bicyclic) bond motifs is 1. The van der Waals surface area contributed by atoms with Gasteiger partial charge >= 0.3 is 0 Å². The fraction of sp³-hybridized carbons (Fsp3) is 0.286. The molecule has 0 fully saturated rings. The summed E-state index contributed by atoms with van der Waals surface area (Å²) in [6.45, 7) is 3.59. The Balaban J connectivity index is 2.23. The van der Waals surface area contributed by atoms with Gasteiger partial charge in [0.2, 0.25) is 5.91 Å². The van der Waals surface area contributed by atoms with E-state index >= 15 is 0 Å². The molecular weight excluding hydrogens is 283 g/mol. The lowest BCUT2D eigenvalue weighted by atomic mass is 10.2. The average Bonchev–Trinajstić information content (AvgIpc) is 2.40. The van der Waals surface area contributed by atoms with E-state index < -0.39 is 5.82 Å². The van der Waals surface area contributed by atoms with Gasteiger partial charge in [-0.25, -0.2) is 4.39 Å². The zero-order valence-electron chi connectivity index (χ0n) is 11.1. The maximum Gasteiger partial charge on any atom is 0.250 e. The largest absolute Gasteiger partial charge is 0.369 e. The number of carbonyl (C=O) groups is 1. The molecule has 0 atom stereocenters. The minimum Gasteiger partial charge on any atom is -0.369 e. The molecule has 0 radical (unpaired) electrons. The van der Waals surface area contributed by atoms with Crippen molar-refractivity contribution in [1.82, 2.24) is 4.98 Å². The number of ether oxygens (including phenoxy) is 1. The number of aromatic nitrogens is 1. The number of amides is 1. The second kappa shape index (κ2) is 6.15. The summed E-state index contributed by atoms with van der Waals surface area (Å²) < 4.78 is 18.7. The fourth-order valence-electron chi connectivity index (χ4n) is 1.67. The Bertz CT molecular complexity index is 646. The van der Waals surface area contributed by atoms with Crippen molar-refractivity contribution < 1.29 is 13.9 Å². The molecule has 0 spiro atoms. The number of halogens is 2. The van der Waals surface area contributed by atoms with Gasteiger partial charge in [-0.1, -0.05) is 23.7 Å². The number of benzene rings is 1. The van der Waals surface area contributed by atoms with Gasteiger partial charge in [0.05, 0.1) is 23.0 Å². The molecular formula is C14H14ClFN2O2. The third-order valence-electron chi connectivity index (χ3n) is 2.60. The van der Waals surface area contributed by atoms with Crippen molar-refractivity contribution in [1.29, 1.82) is 0 Å². The summed E-state index contributed by atoms with van der Waals surface area (Å²) in [7, 11) is 0. The van der Waals surface area contributed by atoms with Gasteiger partial charge < -0.3 is 10.1 Å². The van der Waals surface area contributed by atoms with Crippen LogP contribution in [0.1, 0.15) is 13.8 Å². The molecule has 106 valence electrons. The van der Waals surface area contributed by atoms with Crippen LogP contribution in [0.15, 0.2) is 24.4 Å². The Morgan fingerprint density at radius 2 is 2.25 bits per heavy atom. The molecule has 0 aliphatic carbocycles. The lowest BCUT2D eigenvalue weighted by Crippen LogP contribution is -2.21. The highest BCUT2D eigenvalue weighted by atomic mass is 35.5. The third kappa shape index (κ3) is 3.23. The first-order valence-electron chi connectivity index (χ1n) is 6.13. The Morgan fingerprint density at radius 3 is 2.95 bits per heavy atom. The minimum atomic E-state index is -0.453. The number of rotatable bonds is 4. The molecule has 1 amide bonds. The van der Waals surface area contributed by atoms with Crippen LogP contribution >= 0.6 is 11.6 Å². The van der Waals surface area contributed by atoms with Crippen molar-refractivity contribution >= 4 is 34.1 Å². The van der Waals surface area contributed by atoms with E-state index in [2.05, 4.69) is 10.3 Å². The van der Waals surface area contributed by atoms with Crippen LogP contribution in [0.25, 0.3) is 10.9 Å². The van der Waals surface area contributed by atoms with Gasteiger partial charge in [0.15, 0.2) is 0 Å². The Hall–Kier alpha value is -1.72. The number of hydrogen-bond donors (Lipinski definition) is 1. The van der Waals surface area contributed by atoms with Gasteiger partial charge in [-0.2, -0.15) is 0 Å². The number of para-hydroxylation sites is 1. The summed E-state index contributed by atoms with van der Waals surface area (Å²) >= 11 is 6.16. The highest BCUT2D eigenvalue weighted by molar-refractivity contribution is 6.38. The SMILES string of the molecule is CC(C)OCC(=O)Nc1cnc2c(F)cccc2c1Cl. The molecule has 6 heteroatoms.